The van der Waals surface area contributed by atoms with E-state index in [0.717, 1.165) is 42.1 Å². The van der Waals surface area contributed by atoms with E-state index >= 15 is 0 Å². The molecular weight excluding hydrogens is 346 g/mol. The van der Waals surface area contributed by atoms with Gasteiger partial charge in [0, 0.05) is 35.9 Å². The quantitative estimate of drug-likeness (QED) is 0.770. The lowest BCUT2D eigenvalue weighted by Crippen LogP contribution is -2.56. The number of rotatable bonds is 3. The maximum absolute atomic E-state index is 6.44. The lowest BCUT2D eigenvalue weighted by molar-refractivity contribution is -0.0828. The lowest BCUT2D eigenvalue weighted by atomic mass is 9.86. The number of thiophene rings is 1. The van der Waals surface area contributed by atoms with Crippen LogP contribution >= 0.6 is 11.3 Å². The SMILES string of the molecule is Cc1ccc(-c2csc3c(OC4C5CNCC4COC5)ncnc23)cc1. The summed E-state index contributed by atoms with van der Waals surface area (Å²) in [6.07, 6.45) is 1.78. The van der Waals surface area contributed by atoms with Crippen LogP contribution in [-0.2, 0) is 4.74 Å². The number of aryl methyl sites for hydroxylation is 1. The third-order valence-corrected chi connectivity index (χ3v) is 6.29. The molecule has 26 heavy (non-hydrogen) atoms. The molecule has 2 unspecified atom stereocenters. The van der Waals surface area contributed by atoms with Gasteiger partial charge in [0.15, 0.2) is 0 Å². The van der Waals surface area contributed by atoms with E-state index in [9.17, 15) is 0 Å². The molecule has 1 aromatic carbocycles. The number of ether oxygens (including phenoxy) is 2. The number of hydrogen-bond acceptors (Lipinski definition) is 6. The van der Waals surface area contributed by atoms with E-state index in [0.29, 0.717) is 17.7 Å². The van der Waals surface area contributed by atoms with Crippen LogP contribution in [0.4, 0.5) is 0 Å². The highest BCUT2D eigenvalue weighted by Crippen LogP contribution is 2.38. The molecule has 1 N–H and O–H groups in total. The maximum Gasteiger partial charge on any atom is 0.235 e. The molecule has 0 spiro atoms. The van der Waals surface area contributed by atoms with Crippen LogP contribution in [0.15, 0.2) is 36.0 Å². The maximum atomic E-state index is 6.44. The fourth-order valence-corrected chi connectivity index (χ4v) is 4.88. The summed E-state index contributed by atoms with van der Waals surface area (Å²) in [5.74, 6) is 1.47. The Kier molecular flexibility index (Phi) is 4.11. The molecule has 2 bridgehead atoms. The van der Waals surface area contributed by atoms with Crippen molar-refractivity contribution in [2.45, 2.75) is 13.0 Å². The first-order chi connectivity index (χ1) is 12.8. The Balaban J connectivity index is 1.50. The monoisotopic (exact) mass is 367 g/mol. The smallest absolute Gasteiger partial charge is 0.235 e. The van der Waals surface area contributed by atoms with Gasteiger partial charge in [0.05, 0.1) is 18.7 Å². The van der Waals surface area contributed by atoms with Crippen molar-refractivity contribution >= 4 is 21.6 Å². The predicted octanol–water partition coefficient (Wildman–Crippen LogP) is 3.28. The summed E-state index contributed by atoms with van der Waals surface area (Å²) in [4.78, 5) is 9.01. The van der Waals surface area contributed by atoms with Crippen LogP contribution in [0.1, 0.15) is 5.56 Å². The van der Waals surface area contributed by atoms with Crippen molar-refractivity contribution in [2.75, 3.05) is 26.3 Å². The minimum atomic E-state index is 0.160. The summed E-state index contributed by atoms with van der Waals surface area (Å²) in [6.45, 7) is 5.48. The van der Waals surface area contributed by atoms with E-state index in [2.05, 4.69) is 51.9 Å². The van der Waals surface area contributed by atoms with Crippen LogP contribution in [0.5, 0.6) is 5.88 Å². The van der Waals surface area contributed by atoms with E-state index in [4.69, 9.17) is 9.47 Å². The highest BCUT2D eigenvalue weighted by atomic mass is 32.1. The summed E-state index contributed by atoms with van der Waals surface area (Å²) in [7, 11) is 0. The van der Waals surface area contributed by atoms with E-state index in [-0.39, 0.29) is 6.10 Å². The molecule has 134 valence electrons. The average molecular weight is 367 g/mol. The topological polar surface area (TPSA) is 56.3 Å². The molecule has 5 nitrogen and oxygen atoms in total. The van der Waals surface area contributed by atoms with E-state index in [1.54, 1.807) is 17.7 Å². The van der Waals surface area contributed by atoms with Gasteiger partial charge in [-0.15, -0.1) is 11.3 Å². The third-order valence-electron chi connectivity index (χ3n) is 5.34. The molecule has 6 heteroatoms. The van der Waals surface area contributed by atoms with Gasteiger partial charge in [0.25, 0.3) is 0 Å². The molecule has 5 rings (SSSR count). The zero-order valence-electron chi connectivity index (χ0n) is 14.6. The number of nitrogens with zero attached hydrogens (tertiary/aromatic N) is 2. The second-order valence-corrected chi connectivity index (χ2v) is 8.05. The van der Waals surface area contributed by atoms with Gasteiger partial charge in [-0.05, 0) is 12.5 Å². The highest BCUT2D eigenvalue weighted by Gasteiger charge is 2.39. The first-order valence-corrected chi connectivity index (χ1v) is 9.92. The van der Waals surface area contributed by atoms with Crippen LogP contribution < -0.4 is 10.1 Å². The van der Waals surface area contributed by atoms with Crippen molar-refractivity contribution < 1.29 is 9.47 Å². The largest absolute Gasteiger partial charge is 0.472 e. The average Bonchev–Trinajstić information content (AvgIpc) is 3.07. The molecule has 0 radical (unpaired) electrons. The zero-order valence-corrected chi connectivity index (χ0v) is 15.5. The van der Waals surface area contributed by atoms with E-state index < -0.39 is 0 Å². The Morgan fingerprint density at radius 2 is 1.88 bits per heavy atom. The van der Waals surface area contributed by atoms with Crippen LogP contribution in [0.2, 0.25) is 0 Å². The summed E-state index contributed by atoms with van der Waals surface area (Å²) < 4.78 is 13.2. The Bertz CT molecular complexity index is 902. The van der Waals surface area contributed by atoms with Crippen molar-refractivity contribution in [1.82, 2.24) is 15.3 Å². The standard InChI is InChI=1S/C20H21N3O2S/c1-12-2-4-13(5-3-12)16-10-26-19-17(16)22-11-23-20(19)25-18-14-6-21-7-15(18)9-24-8-14/h2-5,10-11,14-15,18,21H,6-9H2,1H3. The second-order valence-electron chi connectivity index (χ2n) is 7.17. The predicted molar refractivity (Wildman–Crippen MR) is 103 cm³/mol. The van der Waals surface area contributed by atoms with Gasteiger partial charge in [-0.2, -0.15) is 0 Å². The van der Waals surface area contributed by atoms with Crippen LogP contribution in [0.25, 0.3) is 21.3 Å². The summed E-state index contributed by atoms with van der Waals surface area (Å²) >= 11 is 1.66. The molecule has 2 fully saturated rings. The van der Waals surface area contributed by atoms with Crippen molar-refractivity contribution in [3.05, 3.63) is 41.5 Å². The molecule has 4 heterocycles. The first kappa shape index (κ1) is 16.2. The molecule has 0 aliphatic carbocycles. The first-order valence-electron chi connectivity index (χ1n) is 9.04. The van der Waals surface area contributed by atoms with Gasteiger partial charge in [-0.25, -0.2) is 9.97 Å². The van der Waals surface area contributed by atoms with Gasteiger partial charge >= 0.3 is 0 Å². The number of fused-ring (bicyclic) bond motifs is 3. The van der Waals surface area contributed by atoms with Crippen LogP contribution in [0, 0.1) is 18.8 Å². The second kappa shape index (κ2) is 6.61. The minimum absolute atomic E-state index is 0.160. The summed E-state index contributed by atoms with van der Waals surface area (Å²) in [5.41, 5.74) is 4.55. The van der Waals surface area contributed by atoms with Crippen molar-refractivity contribution in [3.63, 3.8) is 0 Å². The summed E-state index contributed by atoms with van der Waals surface area (Å²) in [5, 5.41) is 5.64. The fraction of sp³-hybridized carbons (Fsp3) is 0.400. The number of piperidine rings is 1. The van der Waals surface area contributed by atoms with Gasteiger partial charge in [0.2, 0.25) is 5.88 Å². The molecule has 0 amide bonds. The molecule has 3 aromatic rings. The van der Waals surface area contributed by atoms with E-state index in [1.165, 1.54) is 11.1 Å². The molecule has 2 aromatic heterocycles. The van der Waals surface area contributed by atoms with Gasteiger partial charge in [-0.1, -0.05) is 29.8 Å². The number of benzene rings is 1. The Morgan fingerprint density at radius 1 is 1.12 bits per heavy atom. The van der Waals surface area contributed by atoms with Crippen molar-refractivity contribution in [3.8, 4) is 17.0 Å². The van der Waals surface area contributed by atoms with Crippen molar-refractivity contribution in [1.29, 1.82) is 0 Å². The number of hydrogen-bond donors (Lipinski definition) is 1. The Labute approximate surface area is 156 Å². The highest BCUT2D eigenvalue weighted by molar-refractivity contribution is 7.18. The molecule has 2 aliphatic rings. The molecule has 0 saturated carbocycles. The van der Waals surface area contributed by atoms with Crippen LogP contribution in [-0.4, -0.2) is 42.4 Å². The minimum Gasteiger partial charge on any atom is -0.472 e. The lowest BCUT2D eigenvalue weighted by Gasteiger charge is -2.41. The normalized spacial score (nSPS) is 25.3. The zero-order chi connectivity index (χ0) is 17.5. The Hall–Kier alpha value is -2.02. The van der Waals surface area contributed by atoms with E-state index in [1.807, 2.05) is 0 Å². The molecule has 2 atom stereocenters. The number of aromatic nitrogens is 2. The van der Waals surface area contributed by atoms with Gasteiger partial charge in [-0.3, -0.25) is 0 Å². The molecule has 2 aliphatic heterocycles. The van der Waals surface area contributed by atoms with Crippen molar-refractivity contribution in [2.24, 2.45) is 11.8 Å². The molecular formula is C20H21N3O2S. The van der Waals surface area contributed by atoms with Gasteiger partial charge in [0.1, 0.15) is 17.1 Å². The molecule has 2 saturated heterocycles. The summed E-state index contributed by atoms with van der Waals surface area (Å²) in [6, 6.07) is 8.56. The van der Waals surface area contributed by atoms with Gasteiger partial charge < -0.3 is 14.8 Å². The number of nitrogens with one attached hydrogen (secondary N) is 1. The van der Waals surface area contributed by atoms with Crippen LogP contribution in [0.3, 0.4) is 0 Å². The Morgan fingerprint density at radius 3 is 2.65 bits per heavy atom. The fourth-order valence-electron chi connectivity index (χ4n) is 3.92. The third kappa shape index (κ3) is 2.78.